The first kappa shape index (κ1) is 13.5. The van der Waals surface area contributed by atoms with Crippen LogP contribution >= 0.6 is 0 Å². The monoisotopic (exact) mass is 267 g/mol. The summed E-state index contributed by atoms with van der Waals surface area (Å²) in [6, 6.07) is 5.10. The first-order valence-electron chi connectivity index (χ1n) is 5.84. The number of aromatic nitrogens is 1. The largest absolute Gasteiger partial charge is 0.416 e. The van der Waals surface area contributed by atoms with Gasteiger partial charge in [0, 0.05) is 12.3 Å². The number of ketones is 1. The fourth-order valence-electron chi connectivity index (χ4n) is 1.96. The number of fused-ring (bicyclic) bond motifs is 1. The zero-order valence-corrected chi connectivity index (χ0v) is 10.5. The van der Waals surface area contributed by atoms with Gasteiger partial charge in [-0.1, -0.05) is 13.0 Å². The Balaban J connectivity index is 2.69. The first-order chi connectivity index (χ1) is 8.82. The average Bonchev–Trinajstić information content (AvgIpc) is 2.35. The third-order valence-corrected chi connectivity index (χ3v) is 2.94. The van der Waals surface area contributed by atoms with Crippen LogP contribution in [0.15, 0.2) is 24.3 Å². The number of halogens is 3. The van der Waals surface area contributed by atoms with E-state index < -0.39 is 11.7 Å². The molecule has 1 aromatic heterocycles. The van der Waals surface area contributed by atoms with Gasteiger partial charge in [0.15, 0.2) is 5.78 Å². The summed E-state index contributed by atoms with van der Waals surface area (Å²) < 4.78 is 37.9. The van der Waals surface area contributed by atoms with Crippen LogP contribution in [0, 0.1) is 0 Å². The molecule has 0 fully saturated rings. The molecule has 2 aromatic rings. The molecule has 0 aliphatic heterocycles. The van der Waals surface area contributed by atoms with Crippen LogP contribution in [0.2, 0.25) is 0 Å². The molecule has 5 heteroatoms. The van der Waals surface area contributed by atoms with Crippen LogP contribution in [0.4, 0.5) is 13.2 Å². The number of carbonyl (C=O) groups excluding carboxylic acids is 1. The minimum Gasteiger partial charge on any atom is -0.293 e. The van der Waals surface area contributed by atoms with Gasteiger partial charge in [-0.25, -0.2) is 4.98 Å². The molecule has 0 aliphatic rings. The van der Waals surface area contributed by atoms with Crippen molar-refractivity contribution in [3.05, 3.63) is 41.1 Å². The van der Waals surface area contributed by atoms with E-state index in [0.29, 0.717) is 11.8 Å². The van der Waals surface area contributed by atoms with Crippen molar-refractivity contribution >= 4 is 16.7 Å². The van der Waals surface area contributed by atoms with Gasteiger partial charge < -0.3 is 0 Å². The Morgan fingerprint density at radius 1 is 1.26 bits per heavy atom. The number of nitrogens with zero attached hydrogens (tertiary/aromatic N) is 1. The zero-order valence-electron chi connectivity index (χ0n) is 10.5. The second-order valence-electron chi connectivity index (χ2n) is 4.31. The maximum Gasteiger partial charge on any atom is 0.416 e. The number of alkyl halides is 3. The van der Waals surface area contributed by atoms with E-state index in [1.807, 2.05) is 6.92 Å². The molecule has 2 rings (SSSR count). The predicted molar refractivity (Wildman–Crippen MR) is 66.1 cm³/mol. The molecule has 0 N–H and O–H groups in total. The van der Waals surface area contributed by atoms with Gasteiger partial charge in [-0.3, -0.25) is 4.79 Å². The third kappa shape index (κ3) is 2.59. The molecule has 2 nitrogen and oxygen atoms in total. The summed E-state index contributed by atoms with van der Waals surface area (Å²) in [5.41, 5.74) is 0.428. The number of rotatable bonds is 2. The van der Waals surface area contributed by atoms with Crippen LogP contribution in [-0.4, -0.2) is 10.8 Å². The number of carbonyl (C=O) groups is 1. The van der Waals surface area contributed by atoms with Crippen molar-refractivity contribution in [1.82, 2.24) is 4.98 Å². The van der Waals surface area contributed by atoms with Crippen LogP contribution in [0.1, 0.15) is 35.5 Å². The fraction of sp³-hybridized carbons (Fsp3) is 0.286. The predicted octanol–water partition coefficient (Wildman–Crippen LogP) is 4.02. The fourth-order valence-corrected chi connectivity index (χ4v) is 1.96. The van der Waals surface area contributed by atoms with E-state index >= 15 is 0 Å². The summed E-state index contributed by atoms with van der Waals surface area (Å²) in [4.78, 5) is 15.5. The third-order valence-electron chi connectivity index (χ3n) is 2.94. The van der Waals surface area contributed by atoms with Gasteiger partial charge in [0.2, 0.25) is 0 Å². The van der Waals surface area contributed by atoms with Gasteiger partial charge in [-0.15, -0.1) is 0 Å². The molecule has 1 heterocycles. The topological polar surface area (TPSA) is 30.0 Å². The van der Waals surface area contributed by atoms with Gasteiger partial charge in [-0.2, -0.15) is 13.2 Å². The van der Waals surface area contributed by atoms with E-state index in [0.717, 1.165) is 17.7 Å². The molecule has 0 saturated carbocycles. The Bertz CT molecular complexity index is 647. The molecule has 100 valence electrons. The summed E-state index contributed by atoms with van der Waals surface area (Å²) in [7, 11) is 0. The van der Waals surface area contributed by atoms with Crippen molar-refractivity contribution in [1.29, 1.82) is 0 Å². The minimum atomic E-state index is -4.41. The first-order valence-corrected chi connectivity index (χ1v) is 5.84. The Kier molecular flexibility index (Phi) is 3.30. The van der Waals surface area contributed by atoms with E-state index in [2.05, 4.69) is 4.98 Å². The lowest BCUT2D eigenvalue weighted by molar-refractivity contribution is -0.137. The lowest BCUT2D eigenvalue weighted by atomic mass is 10.0. The van der Waals surface area contributed by atoms with Crippen molar-refractivity contribution in [3.63, 3.8) is 0 Å². The van der Waals surface area contributed by atoms with E-state index in [4.69, 9.17) is 0 Å². The average molecular weight is 267 g/mol. The van der Waals surface area contributed by atoms with Crippen LogP contribution in [0.5, 0.6) is 0 Å². The summed E-state index contributed by atoms with van der Waals surface area (Å²) in [5.74, 6) is -0.240. The van der Waals surface area contributed by atoms with Gasteiger partial charge in [0.25, 0.3) is 0 Å². The molecule has 0 amide bonds. The summed E-state index contributed by atoms with van der Waals surface area (Å²) in [6.45, 7) is 3.24. The molecule has 0 bridgehead atoms. The Hall–Kier alpha value is -1.91. The molecule has 0 saturated heterocycles. The lowest BCUT2D eigenvalue weighted by Crippen LogP contribution is -2.06. The lowest BCUT2D eigenvalue weighted by Gasteiger charge is -2.10. The van der Waals surface area contributed by atoms with Crippen molar-refractivity contribution in [2.75, 3.05) is 0 Å². The Labute approximate surface area is 108 Å². The maximum atomic E-state index is 12.6. The molecular formula is C14H12F3NO. The normalized spacial score (nSPS) is 11.8. The molecule has 0 aliphatic carbocycles. The highest BCUT2D eigenvalue weighted by Gasteiger charge is 2.30. The van der Waals surface area contributed by atoms with Gasteiger partial charge in [-0.05, 0) is 30.2 Å². The van der Waals surface area contributed by atoms with Crippen molar-refractivity contribution in [2.45, 2.75) is 26.4 Å². The van der Waals surface area contributed by atoms with E-state index in [-0.39, 0.29) is 17.0 Å². The van der Waals surface area contributed by atoms with Crippen molar-refractivity contribution in [3.8, 4) is 0 Å². The van der Waals surface area contributed by atoms with Crippen LogP contribution in [0.25, 0.3) is 10.9 Å². The summed E-state index contributed by atoms with van der Waals surface area (Å²) in [6.07, 6.45) is -3.80. The highest BCUT2D eigenvalue weighted by Crippen LogP contribution is 2.31. The van der Waals surface area contributed by atoms with Crippen LogP contribution in [0.3, 0.4) is 0 Å². The highest BCUT2D eigenvalue weighted by atomic mass is 19.4. The molecule has 0 radical (unpaired) electrons. The number of hydrogen-bond donors (Lipinski definition) is 0. The number of benzene rings is 1. The number of Topliss-reactive ketones (excluding diaryl/α,β-unsaturated/α-hetero) is 1. The molecule has 19 heavy (non-hydrogen) atoms. The molecule has 1 aromatic carbocycles. The van der Waals surface area contributed by atoms with Gasteiger partial charge >= 0.3 is 6.18 Å². The summed E-state index contributed by atoms with van der Waals surface area (Å²) >= 11 is 0. The summed E-state index contributed by atoms with van der Waals surface area (Å²) in [5, 5.41) is 0.606. The highest BCUT2D eigenvalue weighted by molar-refractivity contribution is 5.96. The molecule has 0 unspecified atom stereocenters. The van der Waals surface area contributed by atoms with E-state index in [1.165, 1.54) is 13.0 Å². The SMILES string of the molecule is CCc1cc2ccc(C(F)(F)F)cc2nc1C(C)=O. The zero-order chi connectivity index (χ0) is 14.2. The molecule has 0 atom stereocenters. The van der Waals surface area contributed by atoms with E-state index in [9.17, 15) is 18.0 Å². The minimum absolute atomic E-state index is 0.192. The maximum absolute atomic E-state index is 12.6. The van der Waals surface area contributed by atoms with Crippen LogP contribution in [-0.2, 0) is 12.6 Å². The molecule has 0 spiro atoms. The smallest absolute Gasteiger partial charge is 0.293 e. The Morgan fingerprint density at radius 2 is 1.95 bits per heavy atom. The second-order valence-corrected chi connectivity index (χ2v) is 4.31. The standard InChI is InChI=1S/C14H12F3NO/c1-3-9-6-10-4-5-11(14(15,16)17)7-12(10)18-13(9)8(2)19/h4-7H,3H2,1-2H3. The van der Waals surface area contributed by atoms with Crippen molar-refractivity contribution < 1.29 is 18.0 Å². The second kappa shape index (κ2) is 4.64. The number of pyridine rings is 1. The molecular weight excluding hydrogens is 255 g/mol. The number of aryl methyl sites for hydroxylation is 1. The van der Waals surface area contributed by atoms with Crippen molar-refractivity contribution in [2.24, 2.45) is 0 Å². The quantitative estimate of drug-likeness (QED) is 0.769. The number of hydrogen-bond acceptors (Lipinski definition) is 2. The van der Waals surface area contributed by atoms with Crippen LogP contribution < -0.4 is 0 Å². The Morgan fingerprint density at radius 3 is 2.47 bits per heavy atom. The van der Waals surface area contributed by atoms with Gasteiger partial charge in [0.1, 0.15) is 5.69 Å². The van der Waals surface area contributed by atoms with E-state index in [1.54, 1.807) is 6.07 Å². The van der Waals surface area contributed by atoms with Gasteiger partial charge in [0.05, 0.1) is 11.1 Å².